The number of hydrogen-bond donors (Lipinski definition) is 2. The number of sulfone groups is 1. The van der Waals surface area contributed by atoms with E-state index in [1.165, 1.54) is 29.3 Å². The van der Waals surface area contributed by atoms with E-state index in [0.717, 1.165) is 5.56 Å². The maximum atomic E-state index is 13.0. The molecule has 4 rings (SSSR count). The normalized spacial score (nSPS) is 13.9. The Kier molecular flexibility index (Phi) is 7.89. The minimum Gasteiger partial charge on any atom is -0.384 e. The zero-order chi connectivity index (χ0) is 26.6. The molecule has 3 N–H and O–H groups in total. The smallest absolute Gasteiger partial charge is 0.254 e. The molecular weight excluding hydrogens is 519 g/mol. The highest BCUT2D eigenvalue weighted by Gasteiger charge is 2.30. The number of alkyl halides is 1. The Bertz CT molecular complexity index is 1440. The number of amides is 2. The van der Waals surface area contributed by atoms with Crippen molar-refractivity contribution >= 4 is 45.1 Å². The third kappa shape index (κ3) is 6.52. The number of nitrogens with one attached hydrogen (secondary N) is 1. The van der Waals surface area contributed by atoms with E-state index in [2.05, 4.69) is 10.3 Å². The van der Waals surface area contributed by atoms with Crippen molar-refractivity contribution in [1.82, 2.24) is 15.2 Å². The molecule has 1 saturated heterocycles. The van der Waals surface area contributed by atoms with Gasteiger partial charge in [0.05, 0.1) is 28.8 Å². The van der Waals surface area contributed by atoms with Gasteiger partial charge in [-0.1, -0.05) is 29.8 Å². The van der Waals surface area contributed by atoms with Crippen LogP contribution in [0.15, 0.2) is 71.8 Å². The van der Waals surface area contributed by atoms with Gasteiger partial charge in [0, 0.05) is 24.4 Å². The van der Waals surface area contributed by atoms with Gasteiger partial charge in [-0.3, -0.25) is 9.59 Å². The molecule has 1 aliphatic heterocycles. The minimum absolute atomic E-state index is 0.0407. The molecule has 0 radical (unpaired) electrons. The van der Waals surface area contributed by atoms with Crippen LogP contribution in [0.25, 0.3) is 17.2 Å². The number of nitrogens with two attached hydrogens (primary N) is 1. The summed E-state index contributed by atoms with van der Waals surface area (Å²) in [4.78, 5) is 29.6. The molecule has 8 nitrogen and oxygen atoms in total. The van der Waals surface area contributed by atoms with Crippen molar-refractivity contribution in [2.45, 2.75) is 11.1 Å². The van der Waals surface area contributed by atoms with Crippen LogP contribution in [0.1, 0.15) is 15.9 Å². The highest BCUT2D eigenvalue weighted by atomic mass is 35.5. The molecule has 3 aromatic rings. The Morgan fingerprint density at radius 3 is 2.43 bits per heavy atom. The number of benzene rings is 2. The van der Waals surface area contributed by atoms with Crippen molar-refractivity contribution in [3.63, 3.8) is 0 Å². The fraction of sp³-hybridized carbons (Fsp3) is 0.192. The molecule has 0 bridgehead atoms. The number of nitrogens with zero attached hydrogens (tertiary/aromatic N) is 2. The summed E-state index contributed by atoms with van der Waals surface area (Å²) in [7, 11) is -3.76. The predicted octanol–water partition coefficient (Wildman–Crippen LogP) is 3.38. The first kappa shape index (κ1) is 26.3. The zero-order valence-electron chi connectivity index (χ0n) is 19.6. The van der Waals surface area contributed by atoms with E-state index in [1.807, 2.05) is 0 Å². The molecule has 0 spiro atoms. The van der Waals surface area contributed by atoms with Crippen LogP contribution in [-0.4, -0.2) is 61.7 Å². The van der Waals surface area contributed by atoms with E-state index in [4.69, 9.17) is 17.3 Å². The lowest BCUT2D eigenvalue weighted by Gasteiger charge is -2.34. The maximum Gasteiger partial charge on any atom is 0.254 e. The molecule has 1 aliphatic rings. The van der Waals surface area contributed by atoms with Gasteiger partial charge in [0.2, 0.25) is 5.91 Å². The zero-order valence-corrected chi connectivity index (χ0v) is 21.2. The summed E-state index contributed by atoms with van der Waals surface area (Å²) >= 11 is 6.31. The van der Waals surface area contributed by atoms with E-state index in [1.54, 1.807) is 48.5 Å². The Labute approximate surface area is 218 Å². The number of carbonyl (C=O) groups is 2. The number of hydrogen-bond acceptors (Lipinski definition) is 6. The highest BCUT2D eigenvalue weighted by molar-refractivity contribution is 7.91. The summed E-state index contributed by atoms with van der Waals surface area (Å²) < 4.78 is 38.6. The Morgan fingerprint density at radius 2 is 1.81 bits per heavy atom. The van der Waals surface area contributed by atoms with Crippen molar-refractivity contribution in [3.8, 4) is 11.1 Å². The molecule has 2 amide bonds. The van der Waals surface area contributed by atoms with Crippen LogP contribution in [0.5, 0.6) is 0 Å². The standard InChI is InChI=1S/C26H24ClFN4O4S/c27-22-13-20(18-3-5-19(6-4-18)26(34)32-15-21(28)16-32)7-8-23(22)37(35,36)12-11-30-25(33)10-2-17-1-9-24(29)31-14-17/h1-10,13-14,21H,11-12,15-16H2,(H2,29,31)(H,30,33). The van der Waals surface area contributed by atoms with Crippen molar-refractivity contribution in [1.29, 1.82) is 0 Å². The molecular formula is C26H24ClFN4O4S. The van der Waals surface area contributed by atoms with Crippen LogP contribution in [0.3, 0.4) is 0 Å². The van der Waals surface area contributed by atoms with E-state index < -0.39 is 21.9 Å². The third-order valence-electron chi connectivity index (χ3n) is 5.76. The molecule has 37 heavy (non-hydrogen) atoms. The summed E-state index contributed by atoms with van der Waals surface area (Å²) in [6, 6.07) is 14.6. The number of nitrogen functional groups attached to an aromatic ring is 1. The molecule has 1 fully saturated rings. The van der Waals surface area contributed by atoms with Crippen LogP contribution in [-0.2, 0) is 14.6 Å². The second-order valence-electron chi connectivity index (χ2n) is 8.49. The first-order valence-corrected chi connectivity index (χ1v) is 13.4. The Hall–Kier alpha value is -3.76. The minimum atomic E-state index is -3.76. The second-order valence-corrected chi connectivity index (χ2v) is 11.0. The average Bonchev–Trinajstić information content (AvgIpc) is 2.86. The van der Waals surface area contributed by atoms with Gasteiger partial charge in [-0.2, -0.15) is 0 Å². The van der Waals surface area contributed by atoms with Crippen LogP contribution in [0.2, 0.25) is 5.02 Å². The van der Waals surface area contributed by atoms with Gasteiger partial charge in [0.25, 0.3) is 5.91 Å². The Balaban J connectivity index is 1.35. The van der Waals surface area contributed by atoms with Crippen molar-refractivity contribution in [3.05, 3.63) is 83.0 Å². The number of likely N-dealkylation sites (tertiary alicyclic amines) is 1. The number of carbonyl (C=O) groups excluding carboxylic acids is 2. The first-order chi connectivity index (χ1) is 17.6. The molecule has 1 aromatic heterocycles. The molecule has 2 heterocycles. The SMILES string of the molecule is Nc1ccc(C=CC(=O)NCCS(=O)(=O)c2ccc(-c3ccc(C(=O)N4CC(F)C4)cc3)cc2Cl)cn1. The number of halogens is 2. The van der Waals surface area contributed by atoms with Crippen LogP contribution in [0, 0.1) is 0 Å². The predicted molar refractivity (Wildman–Crippen MR) is 140 cm³/mol. The van der Waals surface area contributed by atoms with Crippen molar-refractivity contribution < 1.29 is 22.4 Å². The topological polar surface area (TPSA) is 122 Å². The molecule has 0 saturated carbocycles. The van der Waals surface area contributed by atoms with Crippen LogP contribution >= 0.6 is 11.6 Å². The summed E-state index contributed by atoms with van der Waals surface area (Å²) in [6.45, 7) is 0.112. The van der Waals surface area contributed by atoms with Gasteiger partial charge < -0.3 is 16.0 Å². The lowest BCUT2D eigenvalue weighted by Crippen LogP contribution is -2.51. The van der Waals surface area contributed by atoms with Crippen LogP contribution in [0.4, 0.5) is 10.2 Å². The van der Waals surface area contributed by atoms with Gasteiger partial charge >= 0.3 is 0 Å². The molecule has 192 valence electrons. The van der Waals surface area contributed by atoms with Crippen molar-refractivity contribution in [2.75, 3.05) is 31.1 Å². The van der Waals surface area contributed by atoms with Gasteiger partial charge in [0.15, 0.2) is 9.84 Å². The van der Waals surface area contributed by atoms with Gasteiger partial charge in [-0.15, -0.1) is 0 Å². The quantitative estimate of drug-likeness (QED) is 0.421. The number of anilines is 1. The lowest BCUT2D eigenvalue weighted by atomic mass is 10.0. The van der Waals surface area contributed by atoms with Crippen LogP contribution < -0.4 is 11.1 Å². The summed E-state index contributed by atoms with van der Waals surface area (Å²) in [6.07, 6.45) is 3.37. The summed E-state index contributed by atoms with van der Waals surface area (Å²) in [5.74, 6) is -0.648. The van der Waals surface area contributed by atoms with Crippen molar-refractivity contribution in [2.24, 2.45) is 0 Å². The van der Waals surface area contributed by atoms with Gasteiger partial charge in [-0.25, -0.2) is 17.8 Å². The third-order valence-corrected chi connectivity index (χ3v) is 7.96. The molecule has 2 aromatic carbocycles. The fourth-order valence-electron chi connectivity index (χ4n) is 3.68. The average molecular weight is 543 g/mol. The van der Waals surface area contributed by atoms with E-state index in [9.17, 15) is 22.4 Å². The number of aromatic nitrogens is 1. The number of rotatable bonds is 8. The largest absolute Gasteiger partial charge is 0.384 e. The lowest BCUT2D eigenvalue weighted by molar-refractivity contribution is -0.116. The van der Waals surface area contributed by atoms with E-state index in [0.29, 0.717) is 22.5 Å². The van der Waals surface area contributed by atoms with Gasteiger partial charge in [0.1, 0.15) is 12.0 Å². The molecule has 0 atom stereocenters. The first-order valence-electron chi connectivity index (χ1n) is 11.4. The number of pyridine rings is 1. The maximum absolute atomic E-state index is 13.0. The fourth-order valence-corrected chi connectivity index (χ4v) is 5.43. The molecule has 0 aliphatic carbocycles. The monoisotopic (exact) mass is 542 g/mol. The summed E-state index contributed by atoms with van der Waals surface area (Å²) in [5, 5.41) is 2.59. The van der Waals surface area contributed by atoms with E-state index >= 15 is 0 Å². The highest BCUT2D eigenvalue weighted by Crippen LogP contribution is 2.29. The molecule has 11 heteroatoms. The summed E-state index contributed by atoms with van der Waals surface area (Å²) in [5.41, 5.74) is 8.05. The second kappa shape index (κ2) is 11.1. The Morgan fingerprint density at radius 1 is 1.11 bits per heavy atom. The molecule has 0 unspecified atom stereocenters. The van der Waals surface area contributed by atoms with E-state index in [-0.39, 0.29) is 41.2 Å². The van der Waals surface area contributed by atoms with Gasteiger partial charge in [-0.05, 0) is 59.2 Å².